The summed E-state index contributed by atoms with van der Waals surface area (Å²) in [5.74, 6) is 1.20. The summed E-state index contributed by atoms with van der Waals surface area (Å²) in [5.41, 5.74) is 12.1. The number of nitrogens with zero attached hydrogens (tertiary/aromatic N) is 1. The van der Waals surface area contributed by atoms with E-state index in [2.05, 4.69) is 24.8 Å². The van der Waals surface area contributed by atoms with Gasteiger partial charge in [-0.25, -0.2) is 8.42 Å². The standard InChI is InChI=1S/C19H26N2O2S/c1-11(2)9-21-10-16-13-5-6-17(20)14(13)8-19(24(22)23)15(16)7-18(21)12-3-4-12/h7-8,11-12,17,24H,3-6,9-10,20H2,1-2H3. The van der Waals surface area contributed by atoms with Crippen LogP contribution in [0, 0.1) is 11.8 Å². The first-order valence-electron chi connectivity index (χ1n) is 9.01. The first kappa shape index (κ1) is 16.2. The quantitative estimate of drug-likeness (QED) is 0.823. The lowest BCUT2D eigenvalue weighted by molar-refractivity contribution is 0.281. The molecule has 4 nitrogen and oxygen atoms in total. The molecule has 24 heavy (non-hydrogen) atoms. The van der Waals surface area contributed by atoms with Crippen molar-refractivity contribution in [3.05, 3.63) is 34.0 Å². The molecule has 0 amide bonds. The molecule has 0 bridgehead atoms. The van der Waals surface area contributed by atoms with Crippen molar-refractivity contribution in [1.82, 2.24) is 4.90 Å². The molecule has 1 aromatic carbocycles. The second kappa shape index (κ2) is 5.88. The average molecular weight is 346 g/mol. The highest BCUT2D eigenvalue weighted by Gasteiger charge is 2.35. The van der Waals surface area contributed by atoms with Gasteiger partial charge in [0.25, 0.3) is 0 Å². The van der Waals surface area contributed by atoms with Crippen molar-refractivity contribution in [1.29, 1.82) is 0 Å². The van der Waals surface area contributed by atoms with Crippen LogP contribution in [0.15, 0.2) is 16.7 Å². The van der Waals surface area contributed by atoms with E-state index in [0.717, 1.165) is 37.1 Å². The fourth-order valence-corrected chi connectivity index (χ4v) is 4.91. The lowest BCUT2D eigenvalue weighted by Gasteiger charge is -2.35. The number of hydrogen-bond acceptors (Lipinski definition) is 4. The van der Waals surface area contributed by atoms with Crippen LogP contribution < -0.4 is 5.73 Å². The zero-order valence-corrected chi connectivity index (χ0v) is 15.3. The van der Waals surface area contributed by atoms with E-state index in [1.165, 1.54) is 29.7 Å². The Bertz CT molecular complexity index is 783. The van der Waals surface area contributed by atoms with Gasteiger partial charge in [-0.1, -0.05) is 13.8 Å². The van der Waals surface area contributed by atoms with Gasteiger partial charge < -0.3 is 10.6 Å². The molecule has 2 N–H and O–H groups in total. The Morgan fingerprint density at radius 2 is 2.00 bits per heavy atom. The summed E-state index contributed by atoms with van der Waals surface area (Å²) in [6.07, 6.45) is 6.51. The third kappa shape index (κ3) is 2.68. The largest absolute Gasteiger partial charge is 0.370 e. The normalized spacial score (nSPS) is 22.8. The van der Waals surface area contributed by atoms with Crippen LogP contribution in [0.4, 0.5) is 0 Å². The van der Waals surface area contributed by atoms with Gasteiger partial charge in [-0.05, 0) is 71.9 Å². The van der Waals surface area contributed by atoms with E-state index in [1.807, 2.05) is 6.07 Å². The molecule has 1 heterocycles. The molecule has 5 heteroatoms. The molecule has 130 valence electrons. The Morgan fingerprint density at radius 3 is 2.62 bits per heavy atom. The van der Waals surface area contributed by atoms with E-state index in [4.69, 9.17) is 5.73 Å². The van der Waals surface area contributed by atoms with Crippen LogP contribution in [0.3, 0.4) is 0 Å². The lowest BCUT2D eigenvalue weighted by Crippen LogP contribution is -2.31. The topological polar surface area (TPSA) is 63.4 Å². The Morgan fingerprint density at radius 1 is 1.25 bits per heavy atom. The number of benzene rings is 1. The Kier molecular flexibility index (Phi) is 3.96. The first-order valence-corrected chi connectivity index (χ1v) is 10.2. The van der Waals surface area contributed by atoms with Crippen molar-refractivity contribution in [3.8, 4) is 0 Å². The predicted molar refractivity (Wildman–Crippen MR) is 96.2 cm³/mol. The second-order valence-electron chi connectivity index (χ2n) is 7.88. The van der Waals surface area contributed by atoms with Gasteiger partial charge in [0.05, 0.1) is 4.90 Å². The van der Waals surface area contributed by atoms with Gasteiger partial charge in [0, 0.05) is 24.8 Å². The molecule has 3 aliphatic rings. The maximum atomic E-state index is 11.9. The van der Waals surface area contributed by atoms with Crippen LogP contribution in [0.5, 0.6) is 0 Å². The molecule has 1 aromatic rings. The fourth-order valence-electron chi connectivity index (χ4n) is 4.26. The van der Waals surface area contributed by atoms with Crippen LogP contribution in [0.25, 0.3) is 6.08 Å². The fraction of sp³-hybridized carbons (Fsp3) is 0.579. The number of hydrogen-bond donors (Lipinski definition) is 2. The van der Waals surface area contributed by atoms with Crippen LogP contribution in [-0.2, 0) is 23.7 Å². The van der Waals surface area contributed by atoms with E-state index < -0.39 is 10.7 Å². The third-order valence-corrected chi connectivity index (χ3v) is 6.26. The predicted octanol–water partition coefficient (Wildman–Crippen LogP) is 2.83. The summed E-state index contributed by atoms with van der Waals surface area (Å²) in [7, 11) is -2.60. The summed E-state index contributed by atoms with van der Waals surface area (Å²) >= 11 is 0. The molecule has 0 aromatic heterocycles. The molecule has 2 aliphatic carbocycles. The van der Waals surface area contributed by atoms with E-state index in [-0.39, 0.29) is 6.04 Å². The number of nitrogens with two attached hydrogens (primary N) is 1. The number of thiol groups is 1. The highest BCUT2D eigenvalue weighted by molar-refractivity contribution is 7.72. The Labute approximate surface area is 145 Å². The molecule has 1 saturated carbocycles. The molecule has 4 rings (SSSR count). The number of allylic oxidation sites excluding steroid dienone is 1. The Hall–Kier alpha value is -1.33. The maximum Gasteiger partial charge on any atom is 0.168 e. The second-order valence-corrected chi connectivity index (χ2v) is 8.87. The molecular weight excluding hydrogens is 320 g/mol. The SMILES string of the molecule is CC(C)CN1Cc2c(c([SH](=O)=O)cc3c2CCC3N)C=C1C1CC1. The van der Waals surface area contributed by atoms with Gasteiger partial charge in [0.1, 0.15) is 0 Å². The minimum absolute atomic E-state index is 0.0219. The molecule has 1 aliphatic heterocycles. The zero-order chi connectivity index (χ0) is 17.0. The summed E-state index contributed by atoms with van der Waals surface area (Å²) in [5, 5.41) is 0. The molecule has 1 fully saturated rings. The van der Waals surface area contributed by atoms with Gasteiger partial charge >= 0.3 is 0 Å². The molecular formula is C19H26N2O2S. The molecule has 1 atom stereocenters. The minimum atomic E-state index is -2.60. The van der Waals surface area contributed by atoms with E-state index in [1.54, 1.807) is 0 Å². The third-order valence-electron chi connectivity index (χ3n) is 5.50. The van der Waals surface area contributed by atoms with Crippen LogP contribution in [0.2, 0.25) is 0 Å². The highest BCUT2D eigenvalue weighted by atomic mass is 32.2. The Balaban J connectivity index is 1.89. The van der Waals surface area contributed by atoms with Gasteiger partial charge in [0.15, 0.2) is 10.7 Å². The summed E-state index contributed by atoms with van der Waals surface area (Å²) < 4.78 is 23.8. The molecule has 1 unspecified atom stereocenters. The number of fused-ring (bicyclic) bond motifs is 3. The van der Waals surface area contributed by atoms with Gasteiger partial charge in [0.2, 0.25) is 0 Å². The molecule has 0 saturated heterocycles. The van der Waals surface area contributed by atoms with Crippen molar-refractivity contribution < 1.29 is 8.42 Å². The van der Waals surface area contributed by atoms with Crippen molar-refractivity contribution in [2.45, 2.75) is 57.0 Å². The van der Waals surface area contributed by atoms with Gasteiger partial charge in [-0.2, -0.15) is 0 Å². The zero-order valence-electron chi connectivity index (χ0n) is 14.4. The van der Waals surface area contributed by atoms with Crippen LogP contribution >= 0.6 is 0 Å². The molecule has 0 radical (unpaired) electrons. The lowest BCUT2D eigenvalue weighted by atomic mass is 9.91. The maximum absolute atomic E-state index is 11.9. The molecule has 0 spiro atoms. The highest BCUT2D eigenvalue weighted by Crippen LogP contribution is 2.45. The van der Waals surface area contributed by atoms with E-state index in [9.17, 15) is 8.42 Å². The summed E-state index contributed by atoms with van der Waals surface area (Å²) in [4.78, 5) is 2.95. The first-order chi connectivity index (χ1) is 11.5. The average Bonchev–Trinajstić information content (AvgIpc) is 3.29. The van der Waals surface area contributed by atoms with Gasteiger partial charge in [-0.3, -0.25) is 0 Å². The van der Waals surface area contributed by atoms with Gasteiger partial charge in [-0.15, -0.1) is 0 Å². The summed E-state index contributed by atoms with van der Waals surface area (Å²) in [6.45, 7) is 6.34. The van der Waals surface area contributed by atoms with Crippen LogP contribution in [0.1, 0.15) is 61.4 Å². The van der Waals surface area contributed by atoms with E-state index >= 15 is 0 Å². The van der Waals surface area contributed by atoms with Crippen molar-refractivity contribution in [3.63, 3.8) is 0 Å². The van der Waals surface area contributed by atoms with Crippen molar-refractivity contribution in [2.75, 3.05) is 6.54 Å². The van der Waals surface area contributed by atoms with Crippen molar-refractivity contribution in [2.24, 2.45) is 17.6 Å². The van der Waals surface area contributed by atoms with Crippen LogP contribution in [-0.4, -0.2) is 19.9 Å². The smallest absolute Gasteiger partial charge is 0.168 e. The monoisotopic (exact) mass is 346 g/mol. The summed E-state index contributed by atoms with van der Waals surface area (Å²) in [6, 6.07) is 1.82. The number of rotatable bonds is 4. The minimum Gasteiger partial charge on any atom is -0.370 e. The van der Waals surface area contributed by atoms with Crippen molar-refractivity contribution >= 4 is 16.8 Å². The van der Waals surface area contributed by atoms with E-state index in [0.29, 0.717) is 16.7 Å².